The maximum atomic E-state index is 11.1. The Balaban J connectivity index is 1.33. The van der Waals surface area contributed by atoms with Crippen LogP contribution in [0.2, 0.25) is 0 Å². The van der Waals surface area contributed by atoms with Gasteiger partial charge in [0.15, 0.2) is 28.6 Å². The number of anilines is 2. The lowest BCUT2D eigenvalue weighted by atomic mass is 9.63. The van der Waals surface area contributed by atoms with E-state index in [2.05, 4.69) is 34.4 Å². The van der Waals surface area contributed by atoms with Gasteiger partial charge < -0.3 is 25.6 Å². The molecule has 8 rings (SSSR count). The molecule has 0 bridgehead atoms. The summed E-state index contributed by atoms with van der Waals surface area (Å²) in [7, 11) is 0. The number of nitrogens with two attached hydrogens (primary N) is 1. The first-order valence-corrected chi connectivity index (χ1v) is 17.3. The Morgan fingerprint density at radius 3 is 2.70 bits per heavy atom. The number of fused-ring (bicyclic) bond motifs is 5. The predicted octanol–water partition coefficient (Wildman–Crippen LogP) is 4.49. The Morgan fingerprint density at radius 1 is 1.13 bits per heavy atom. The molecule has 2 aliphatic heterocycles. The van der Waals surface area contributed by atoms with Crippen LogP contribution in [0.25, 0.3) is 22.6 Å². The highest BCUT2D eigenvalue weighted by molar-refractivity contribution is 7.16. The van der Waals surface area contributed by atoms with Gasteiger partial charge in [-0.2, -0.15) is 15.6 Å². The van der Waals surface area contributed by atoms with Crippen LogP contribution in [0.5, 0.6) is 0 Å². The van der Waals surface area contributed by atoms with Crippen LogP contribution in [-0.4, -0.2) is 61.3 Å². The number of aryl methyl sites for hydroxylation is 1. The molecule has 4 N–H and O–H groups in total. The Labute approximate surface area is 271 Å². The SMILES string of the molecule is CC(C1CCCN1)n1nc(C#N)c2c(N3CCCC(C)(O)C3)nc(-c3noc4c3CCCC43CCCc4sc(N)c(C#N)c43)nc21. The van der Waals surface area contributed by atoms with Crippen molar-refractivity contribution in [1.29, 1.82) is 10.5 Å². The highest BCUT2D eigenvalue weighted by Gasteiger charge is 2.49. The molecule has 4 unspecified atom stereocenters. The van der Waals surface area contributed by atoms with E-state index >= 15 is 0 Å². The molecule has 238 valence electrons. The van der Waals surface area contributed by atoms with Crippen molar-refractivity contribution in [2.75, 3.05) is 30.3 Å². The summed E-state index contributed by atoms with van der Waals surface area (Å²) in [5.74, 6) is 1.81. The zero-order valence-electron chi connectivity index (χ0n) is 26.3. The normalized spacial score (nSPS) is 26.5. The number of aliphatic hydroxyl groups is 1. The van der Waals surface area contributed by atoms with Crippen LogP contribution in [0.3, 0.4) is 0 Å². The summed E-state index contributed by atoms with van der Waals surface area (Å²) < 4.78 is 8.18. The molecule has 0 saturated carbocycles. The second-order valence-electron chi connectivity index (χ2n) is 13.8. The third-order valence-electron chi connectivity index (χ3n) is 10.8. The van der Waals surface area contributed by atoms with Gasteiger partial charge in [0.05, 0.1) is 28.0 Å². The van der Waals surface area contributed by atoms with Gasteiger partial charge >= 0.3 is 0 Å². The number of piperidine rings is 1. The van der Waals surface area contributed by atoms with Crippen molar-refractivity contribution in [3.05, 3.63) is 33.0 Å². The fourth-order valence-corrected chi connectivity index (χ4v) is 9.79. The van der Waals surface area contributed by atoms with Gasteiger partial charge in [-0.25, -0.2) is 14.6 Å². The van der Waals surface area contributed by atoms with Gasteiger partial charge in [0.2, 0.25) is 0 Å². The molecular formula is C33H38N10O2S. The van der Waals surface area contributed by atoms with Gasteiger partial charge in [0, 0.05) is 29.6 Å². The van der Waals surface area contributed by atoms with Crippen molar-refractivity contribution >= 4 is 33.2 Å². The Bertz CT molecular complexity index is 1930. The average molecular weight is 639 g/mol. The van der Waals surface area contributed by atoms with Crippen molar-refractivity contribution in [2.24, 2.45) is 0 Å². The lowest BCUT2D eigenvalue weighted by Gasteiger charge is -2.39. The van der Waals surface area contributed by atoms with Gasteiger partial charge in [-0.1, -0.05) is 5.16 Å². The number of hydrogen-bond donors (Lipinski definition) is 3. The third-order valence-corrected chi connectivity index (χ3v) is 11.8. The minimum atomic E-state index is -0.890. The standard InChI is InChI=1S/C33H38N10O2S/c1-18(21-8-5-13-37-21)43-31-24(22(16-35)40-43)30(42-14-6-10-32(2,44)17-42)38-29(39-31)26-19-7-3-11-33(27(19)45-41-26)12-4-9-23-25(33)20(15-34)28(36)46-23/h18,21,37,44H,3-14,17,36H2,1-2H3. The van der Waals surface area contributed by atoms with Crippen LogP contribution in [0.4, 0.5) is 10.8 Å². The van der Waals surface area contributed by atoms with Crippen LogP contribution in [-0.2, 0) is 18.3 Å². The molecule has 13 heteroatoms. The van der Waals surface area contributed by atoms with Gasteiger partial charge in [-0.05, 0) is 90.2 Å². The molecule has 2 fully saturated rings. The molecular weight excluding hydrogens is 600 g/mol. The molecule has 1 spiro atoms. The summed E-state index contributed by atoms with van der Waals surface area (Å²) in [6.07, 6.45) is 8.88. The fraction of sp³-hybridized carbons (Fsp3) is 0.576. The summed E-state index contributed by atoms with van der Waals surface area (Å²) in [4.78, 5) is 13.5. The molecule has 6 heterocycles. The van der Waals surface area contributed by atoms with E-state index in [0.29, 0.717) is 58.4 Å². The molecule has 0 amide bonds. The molecule has 46 heavy (non-hydrogen) atoms. The zero-order chi connectivity index (χ0) is 31.8. The summed E-state index contributed by atoms with van der Waals surface area (Å²) in [5.41, 5.74) is 9.05. The number of hydrogen-bond acceptors (Lipinski definition) is 12. The Hall–Kier alpha value is -4.04. The minimum Gasteiger partial charge on any atom is -0.389 e. The molecule has 2 saturated heterocycles. The van der Waals surface area contributed by atoms with Crippen LogP contribution < -0.4 is 16.0 Å². The fourth-order valence-electron chi connectivity index (χ4n) is 8.63. The van der Waals surface area contributed by atoms with Gasteiger partial charge in [-0.15, -0.1) is 11.3 Å². The number of aromatic nitrogens is 5. The van der Waals surface area contributed by atoms with Crippen molar-refractivity contribution < 1.29 is 9.63 Å². The maximum absolute atomic E-state index is 11.1. The van der Waals surface area contributed by atoms with Crippen molar-refractivity contribution in [2.45, 2.75) is 101 Å². The minimum absolute atomic E-state index is 0.0456. The van der Waals surface area contributed by atoms with Gasteiger partial charge in [0.25, 0.3) is 0 Å². The van der Waals surface area contributed by atoms with E-state index in [0.717, 1.165) is 81.2 Å². The highest BCUT2D eigenvalue weighted by atomic mass is 32.1. The van der Waals surface area contributed by atoms with Gasteiger partial charge in [0.1, 0.15) is 23.0 Å². The van der Waals surface area contributed by atoms with E-state index < -0.39 is 11.0 Å². The number of nitrogens with one attached hydrogen (secondary N) is 1. The van der Waals surface area contributed by atoms with E-state index in [4.69, 9.17) is 25.3 Å². The summed E-state index contributed by atoms with van der Waals surface area (Å²) in [5, 5.41) is 45.7. The van der Waals surface area contributed by atoms with Crippen LogP contribution in [0.1, 0.15) is 104 Å². The number of thiophene rings is 1. The molecule has 12 nitrogen and oxygen atoms in total. The number of nitrogens with zero attached hydrogens (tertiary/aromatic N) is 8. The maximum Gasteiger partial charge on any atom is 0.186 e. The largest absolute Gasteiger partial charge is 0.389 e. The average Bonchev–Trinajstić information content (AvgIpc) is 3.85. The Kier molecular flexibility index (Phi) is 6.87. The smallest absolute Gasteiger partial charge is 0.186 e. The number of rotatable bonds is 4. The van der Waals surface area contributed by atoms with Crippen molar-refractivity contribution in [3.8, 4) is 23.7 Å². The molecule has 4 atom stereocenters. The molecule has 0 radical (unpaired) electrons. The first kappa shape index (κ1) is 29.4. The monoisotopic (exact) mass is 638 g/mol. The van der Waals surface area contributed by atoms with Crippen LogP contribution in [0.15, 0.2) is 4.52 Å². The van der Waals surface area contributed by atoms with E-state index in [-0.39, 0.29) is 17.8 Å². The molecule has 0 aromatic carbocycles. The third kappa shape index (κ3) is 4.36. The number of nitriles is 2. The highest BCUT2D eigenvalue weighted by Crippen LogP contribution is 2.55. The lowest BCUT2D eigenvalue weighted by Crippen LogP contribution is -2.46. The summed E-state index contributed by atoms with van der Waals surface area (Å²) in [6.45, 7) is 5.99. The number of nitrogen functional groups attached to an aromatic ring is 1. The lowest BCUT2D eigenvalue weighted by molar-refractivity contribution is 0.0448. The van der Waals surface area contributed by atoms with Crippen molar-refractivity contribution in [3.63, 3.8) is 0 Å². The topological polar surface area (TPSA) is 179 Å². The van der Waals surface area contributed by atoms with E-state index in [1.54, 1.807) is 0 Å². The van der Waals surface area contributed by atoms with E-state index in [1.165, 1.54) is 16.2 Å². The molecule has 4 aromatic heterocycles. The molecule has 4 aliphatic rings. The van der Waals surface area contributed by atoms with E-state index in [9.17, 15) is 15.6 Å². The van der Waals surface area contributed by atoms with Crippen LogP contribution >= 0.6 is 11.3 Å². The zero-order valence-corrected chi connectivity index (χ0v) is 27.1. The predicted molar refractivity (Wildman–Crippen MR) is 173 cm³/mol. The second-order valence-corrected chi connectivity index (χ2v) is 15.0. The first-order valence-electron chi connectivity index (χ1n) is 16.5. The molecule has 4 aromatic rings. The summed E-state index contributed by atoms with van der Waals surface area (Å²) in [6, 6.07) is 4.87. The van der Waals surface area contributed by atoms with Crippen molar-refractivity contribution in [1.82, 2.24) is 30.2 Å². The van der Waals surface area contributed by atoms with Crippen LogP contribution in [0, 0.1) is 22.7 Å². The van der Waals surface area contributed by atoms with Gasteiger partial charge in [-0.3, -0.25) is 0 Å². The number of β-amino-alcohol motifs (C(OH)–C–C–N with tert-alkyl or cyclic N) is 1. The summed E-state index contributed by atoms with van der Waals surface area (Å²) >= 11 is 1.53. The van der Waals surface area contributed by atoms with E-state index in [1.807, 2.05) is 11.6 Å². The quantitative estimate of drug-likeness (QED) is 0.287. The first-order chi connectivity index (χ1) is 22.2. The second kappa shape index (κ2) is 10.8. The Morgan fingerprint density at radius 2 is 1.96 bits per heavy atom. The molecule has 2 aliphatic carbocycles.